The van der Waals surface area contributed by atoms with Gasteiger partial charge in [-0.25, -0.2) is 9.37 Å². The number of hydrogen-bond donors (Lipinski definition) is 0. The van der Waals surface area contributed by atoms with E-state index < -0.39 is 0 Å². The number of nitrogens with zero attached hydrogens (tertiary/aromatic N) is 3. The van der Waals surface area contributed by atoms with E-state index >= 15 is 0 Å². The lowest BCUT2D eigenvalue weighted by atomic mass is 10.3. The van der Waals surface area contributed by atoms with Crippen LogP contribution in [0.3, 0.4) is 0 Å². The van der Waals surface area contributed by atoms with Gasteiger partial charge in [0.1, 0.15) is 11.6 Å². The molecule has 3 rings (SSSR count). The third-order valence-corrected chi connectivity index (χ3v) is 4.38. The number of aryl methyl sites for hydroxylation is 1. The summed E-state index contributed by atoms with van der Waals surface area (Å²) < 4.78 is 15.7. The molecule has 1 heterocycles. The average Bonchev–Trinajstić information content (AvgIpc) is 3.25. The predicted octanol–water partition coefficient (Wildman–Crippen LogP) is 3.44. The zero-order chi connectivity index (χ0) is 14.8. The Morgan fingerprint density at radius 2 is 2.24 bits per heavy atom. The third-order valence-electron chi connectivity index (χ3n) is 4.19. The van der Waals surface area contributed by atoms with Crippen LogP contribution in [0.4, 0.5) is 4.39 Å². The van der Waals surface area contributed by atoms with Crippen molar-refractivity contribution in [2.45, 2.75) is 38.8 Å². The van der Waals surface area contributed by atoms with Crippen molar-refractivity contribution < 1.29 is 4.39 Å². The Morgan fingerprint density at radius 1 is 1.43 bits per heavy atom. The Bertz CT molecular complexity index is 621. The molecular weight excluding hydrogens is 289 g/mol. The van der Waals surface area contributed by atoms with Crippen LogP contribution in [-0.2, 0) is 13.0 Å². The van der Waals surface area contributed by atoms with E-state index in [1.807, 2.05) is 0 Å². The van der Waals surface area contributed by atoms with Crippen LogP contribution in [-0.4, -0.2) is 39.5 Å². The maximum absolute atomic E-state index is 13.5. The van der Waals surface area contributed by atoms with Crippen molar-refractivity contribution in [2.24, 2.45) is 0 Å². The smallest absolute Gasteiger partial charge is 0.125 e. The normalized spacial score (nSPS) is 15.2. The molecule has 2 aromatic rings. The summed E-state index contributed by atoms with van der Waals surface area (Å²) in [5.74, 6) is 1.28. The first-order chi connectivity index (χ1) is 10.2. The zero-order valence-electron chi connectivity index (χ0n) is 12.4. The number of likely N-dealkylation sites (N-methyl/N-ethyl adjacent to an activating group) is 1. The molecule has 114 valence electrons. The van der Waals surface area contributed by atoms with Gasteiger partial charge in [0.25, 0.3) is 0 Å². The van der Waals surface area contributed by atoms with Crippen molar-refractivity contribution in [3.05, 3.63) is 29.8 Å². The standard InChI is InChI=1S/C16H21ClFN3/c1-2-20(13-4-5-13)9-10-21-15-11-12(18)3-6-14(15)19-16(21)7-8-17/h3,6,11,13H,2,4-5,7-10H2,1H3. The Kier molecular flexibility index (Phi) is 4.45. The van der Waals surface area contributed by atoms with E-state index in [4.69, 9.17) is 11.6 Å². The molecule has 21 heavy (non-hydrogen) atoms. The molecule has 1 aliphatic rings. The number of fused-ring (bicyclic) bond motifs is 1. The van der Waals surface area contributed by atoms with E-state index in [0.717, 1.165) is 42.5 Å². The van der Waals surface area contributed by atoms with E-state index in [9.17, 15) is 4.39 Å². The topological polar surface area (TPSA) is 21.1 Å². The summed E-state index contributed by atoms with van der Waals surface area (Å²) in [7, 11) is 0. The van der Waals surface area contributed by atoms with Crippen LogP contribution < -0.4 is 0 Å². The van der Waals surface area contributed by atoms with Gasteiger partial charge in [0, 0.05) is 31.4 Å². The highest BCUT2D eigenvalue weighted by molar-refractivity contribution is 6.17. The Balaban J connectivity index is 1.86. The third kappa shape index (κ3) is 3.22. The largest absolute Gasteiger partial charge is 0.327 e. The lowest BCUT2D eigenvalue weighted by molar-refractivity contribution is 0.266. The van der Waals surface area contributed by atoms with Crippen LogP contribution >= 0.6 is 11.6 Å². The first-order valence-corrected chi connectivity index (χ1v) is 8.21. The SMILES string of the molecule is CCN(CCn1c(CCCl)nc2ccc(F)cc21)C1CC1. The molecular formula is C16H21ClFN3. The number of hydrogen-bond acceptors (Lipinski definition) is 2. The molecule has 0 N–H and O–H groups in total. The number of halogens is 2. The van der Waals surface area contributed by atoms with Crippen LogP contribution in [0.2, 0.25) is 0 Å². The van der Waals surface area contributed by atoms with E-state index in [2.05, 4.69) is 21.4 Å². The number of benzene rings is 1. The second-order valence-electron chi connectivity index (χ2n) is 5.61. The second kappa shape index (κ2) is 6.32. The van der Waals surface area contributed by atoms with Crippen molar-refractivity contribution in [2.75, 3.05) is 19.0 Å². The van der Waals surface area contributed by atoms with Gasteiger partial charge in [0.05, 0.1) is 11.0 Å². The Labute approximate surface area is 129 Å². The number of rotatable bonds is 7. The minimum atomic E-state index is -0.212. The highest BCUT2D eigenvalue weighted by atomic mass is 35.5. The Hall–Kier alpha value is -1.13. The predicted molar refractivity (Wildman–Crippen MR) is 84.4 cm³/mol. The number of alkyl halides is 1. The summed E-state index contributed by atoms with van der Waals surface area (Å²) in [5, 5.41) is 0. The van der Waals surface area contributed by atoms with Gasteiger partial charge in [-0.1, -0.05) is 6.92 Å². The molecule has 0 radical (unpaired) electrons. The summed E-state index contributed by atoms with van der Waals surface area (Å²) in [6.07, 6.45) is 3.33. The molecule has 0 atom stereocenters. The fourth-order valence-corrected chi connectivity index (χ4v) is 3.11. The molecule has 0 bridgehead atoms. The summed E-state index contributed by atoms with van der Waals surface area (Å²) in [6, 6.07) is 5.54. The number of imidazole rings is 1. The van der Waals surface area contributed by atoms with Crippen LogP contribution in [0.1, 0.15) is 25.6 Å². The molecule has 1 aliphatic carbocycles. The van der Waals surface area contributed by atoms with Gasteiger partial charge in [-0.05, 0) is 37.6 Å². The number of aromatic nitrogens is 2. The first kappa shape index (κ1) is 14.8. The van der Waals surface area contributed by atoms with E-state index in [-0.39, 0.29) is 5.82 Å². The zero-order valence-corrected chi connectivity index (χ0v) is 13.1. The quantitative estimate of drug-likeness (QED) is 0.731. The van der Waals surface area contributed by atoms with E-state index in [1.54, 1.807) is 12.1 Å². The van der Waals surface area contributed by atoms with Gasteiger partial charge in [-0.3, -0.25) is 4.90 Å². The van der Waals surface area contributed by atoms with Crippen LogP contribution in [0, 0.1) is 5.82 Å². The molecule has 1 aromatic carbocycles. The minimum absolute atomic E-state index is 0.212. The molecule has 1 aromatic heterocycles. The molecule has 1 saturated carbocycles. The van der Waals surface area contributed by atoms with Crippen molar-refractivity contribution in [1.82, 2.24) is 14.5 Å². The summed E-state index contributed by atoms with van der Waals surface area (Å²) >= 11 is 5.88. The lowest BCUT2D eigenvalue weighted by Gasteiger charge is -2.20. The summed E-state index contributed by atoms with van der Waals surface area (Å²) in [4.78, 5) is 7.10. The van der Waals surface area contributed by atoms with Crippen molar-refractivity contribution in [3.8, 4) is 0 Å². The van der Waals surface area contributed by atoms with Crippen molar-refractivity contribution >= 4 is 22.6 Å². The highest BCUT2D eigenvalue weighted by Crippen LogP contribution is 2.26. The summed E-state index contributed by atoms with van der Waals surface area (Å²) in [5.41, 5.74) is 1.73. The van der Waals surface area contributed by atoms with E-state index in [1.165, 1.54) is 18.9 Å². The van der Waals surface area contributed by atoms with Gasteiger partial charge < -0.3 is 4.57 Å². The highest BCUT2D eigenvalue weighted by Gasteiger charge is 2.27. The van der Waals surface area contributed by atoms with Crippen molar-refractivity contribution in [1.29, 1.82) is 0 Å². The summed E-state index contributed by atoms with van der Waals surface area (Å²) in [6.45, 7) is 5.09. The minimum Gasteiger partial charge on any atom is -0.327 e. The molecule has 0 aliphatic heterocycles. The maximum Gasteiger partial charge on any atom is 0.125 e. The molecule has 3 nitrogen and oxygen atoms in total. The second-order valence-corrected chi connectivity index (χ2v) is 5.99. The van der Waals surface area contributed by atoms with Gasteiger partial charge in [0.2, 0.25) is 0 Å². The van der Waals surface area contributed by atoms with Gasteiger partial charge >= 0.3 is 0 Å². The molecule has 0 unspecified atom stereocenters. The van der Waals surface area contributed by atoms with Crippen LogP contribution in [0.5, 0.6) is 0 Å². The van der Waals surface area contributed by atoms with Crippen molar-refractivity contribution in [3.63, 3.8) is 0 Å². The maximum atomic E-state index is 13.5. The van der Waals surface area contributed by atoms with Crippen LogP contribution in [0.15, 0.2) is 18.2 Å². The first-order valence-electron chi connectivity index (χ1n) is 7.67. The monoisotopic (exact) mass is 309 g/mol. The fourth-order valence-electron chi connectivity index (χ4n) is 2.94. The lowest BCUT2D eigenvalue weighted by Crippen LogP contribution is -2.29. The van der Waals surface area contributed by atoms with Gasteiger partial charge in [0.15, 0.2) is 0 Å². The molecule has 0 spiro atoms. The molecule has 5 heteroatoms. The molecule has 0 amide bonds. The van der Waals surface area contributed by atoms with Crippen LogP contribution in [0.25, 0.3) is 11.0 Å². The van der Waals surface area contributed by atoms with Gasteiger partial charge in [-0.2, -0.15) is 0 Å². The van der Waals surface area contributed by atoms with E-state index in [0.29, 0.717) is 12.3 Å². The fraction of sp³-hybridized carbons (Fsp3) is 0.562. The Morgan fingerprint density at radius 3 is 2.90 bits per heavy atom. The van der Waals surface area contributed by atoms with Gasteiger partial charge in [-0.15, -0.1) is 11.6 Å². The average molecular weight is 310 g/mol. The molecule has 1 fully saturated rings. The molecule has 0 saturated heterocycles.